The topological polar surface area (TPSA) is 29.3 Å². The summed E-state index contributed by atoms with van der Waals surface area (Å²) < 4.78 is 26.3. The number of nitrogens with zero attached hydrogens (tertiary/aromatic N) is 1. The van der Waals surface area contributed by atoms with Crippen molar-refractivity contribution in [3.05, 3.63) is 34.9 Å². The molecule has 0 radical (unpaired) electrons. The van der Waals surface area contributed by atoms with E-state index in [2.05, 4.69) is 0 Å². The molecule has 4 heteroatoms. The molecule has 0 atom stereocenters. The number of halogens is 2. The molecule has 2 rings (SSSR count). The van der Waals surface area contributed by atoms with E-state index in [0.717, 1.165) is 6.07 Å². The summed E-state index contributed by atoms with van der Waals surface area (Å²) in [5, 5.41) is 1.49. The fourth-order valence-electron chi connectivity index (χ4n) is 1.61. The molecule has 0 saturated heterocycles. The van der Waals surface area contributed by atoms with Gasteiger partial charge in [-0.2, -0.15) is 0 Å². The zero-order valence-electron chi connectivity index (χ0n) is 7.06. The molecule has 0 unspecified atom stereocenters. The number of rotatable bonds is 0. The van der Waals surface area contributed by atoms with Gasteiger partial charge in [-0.15, -0.1) is 0 Å². The maximum Gasteiger partial charge on any atom is 0.128 e. The first kappa shape index (κ1) is 8.59. The highest BCUT2D eigenvalue weighted by molar-refractivity contribution is 5.31. The first-order valence-corrected chi connectivity index (χ1v) is 4.14. The summed E-state index contributed by atoms with van der Waals surface area (Å²) in [4.78, 5) is 0. The number of benzene rings is 1. The molecule has 2 nitrogen and oxygen atoms in total. The lowest BCUT2D eigenvalue weighted by Crippen LogP contribution is -2.37. The molecule has 2 N–H and O–H groups in total. The minimum absolute atomic E-state index is 0.291. The molecule has 0 saturated carbocycles. The van der Waals surface area contributed by atoms with Gasteiger partial charge in [-0.1, -0.05) is 0 Å². The summed E-state index contributed by atoms with van der Waals surface area (Å²) in [6.07, 6.45) is 0.482. The molecule has 1 aliphatic heterocycles. The molecular formula is C9H10F2N2. The van der Waals surface area contributed by atoms with Gasteiger partial charge in [-0.25, -0.2) is 13.8 Å². The lowest BCUT2D eigenvalue weighted by molar-refractivity contribution is 0.254. The van der Waals surface area contributed by atoms with Crippen LogP contribution < -0.4 is 5.84 Å². The van der Waals surface area contributed by atoms with E-state index in [9.17, 15) is 8.78 Å². The Balaban J connectivity index is 2.51. The van der Waals surface area contributed by atoms with Crippen LogP contribution in [0.25, 0.3) is 0 Å². The average Bonchev–Trinajstić information content (AvgIpc) is 2.12. The average molecular weight is 184 g/mol. The lowest BCUT2D eigenvalue weighted by atomic mass is 10.00. The number of fused-ring (bicyclic) bond motifs is 1. The lowest BCUT2D eigenvalue weighted by Gasteiger charge is -2.24. The Bertz CT molecular complexity index is 339. The molecule has 0 aromatic heterocycles. The van der Waals surface area contributed by atoms with Crippen molar-refractivity contribution in [1.82, 2.24) is 5.01 Å². The van der Waals surface area contributed by atoms with Crippen molar-refractivity contribution in [3.8, 4) is 0 Å². The van der Waals surface area contributed by atoms with E-state index in [1.54, 1.807) is 0 Å². The van der Waals surface area contributed by atoms with Crippen LogP contribution in [0.3, 0.4) is 0 Å². The van der Waals surface area contributed by atoms with E-state index >= 15 is 0 Å². The molecular weight excluding hydrogens is 174 g/mol. The van der Waals surface area contributed by atoms with E-state index in [1.165, 1.54) is 11.1 Å². The predicted octanol–water partition coefficient (Wildman–Crippen LogP) is 1.20. The maximum absolute atomic E-state index is 13.2. The van der Waals surface area contributed by atoms with Crippen molar-refractivity contribution >= 4 is 0 Å². The van der Waals surface area contributed by atoms with Gasteiger partial charge >= 0.3 is 0 Å². The van der Waals surface area contributed by atoms with Crippen molar-refractivity contribution in [3.63, 3.8) is 0 Å². The van der Waals surface area contributed by atoms with Gasteiger partial charge < -0.3 is 0 Å². The van der Waals surface area contributed by atoms with Crippen LogP contribution in [-0.2, 0) is 13.0 Å². The summed E-state index contributed by atoms with van der Waals surface area (Å²) in [5.74, 6) is 4.81. The van der Waals surface area contributed by atoms with Gasteiger partial charge in [0.1, 0.15) is 11.6 Å². The van der Waals surface area contributed by atoms with Crippen molar-refractivity contribution in [2.75, 3.05) is 6.54 Å². The van der Waals surface area contributed by atoms with E-state index in [1.807, 2.05) is 0 Å². The summed E-state index contributed by atoms with van der Waals surface area (Å²) in [7, 11) is 0. The van der Waals surface area contributed by atoms with Crippen LogP contribution in [0.5, 0.6) is 0 Å². The van der Waals surface area contributed by atoms with Gasteiger partial charge in [0.2, 0.25) is 0 Å². The van der Waals surface area contributed by atoms with Gasteiger partial charge in [-0.3, -0.25) is 5.84 Å². The molecule has 0 bridgehead atoms. The summed E-state index contributed by atoms with van der Waals surface area (Å²) in [6.45, 7) is 0.867. The maximum atomic E-state index is 13.2. The molecule has 1 heterocycles. The van der Waals surface area contributed by atoms with Crippen molar-refractivity contribution in [2.45, 2.75) is 13.0 Å². The fraction of sp³-hybridized carbons (Fsp3) is 0.333. The number of hydrogen-bond donors (Lipinski definition) is 1. The Kier molecular flexibility index (Phi) is 2.01. The quantitative estimate of drug-likeness (QED) is 0.614. The highest BCUT2D eigenvalue weighted by atomic mass is 19.1. The van der Waals surface area contributed by atoms with Crippen LogP contribution in [-0.4, -0.2) is 11.6 Å². The molecule has 0 fully saturated rings. The third kappa shape index (κ3) is 1.43. The molecule has 1 aromatic carbocycles. The number of hydrazine groups is 1. The number of hydrogen-bond acceptors (Lipinski definition) is 2. The largest absolute Gasteiger partial charge is 0.268 e. The molecule has 0 spiro atoms. The minimum Gasteiger partial charge on any atom is -0.268 e. The van der Waals surface area contributed by atoms with E-state index in [-0.39, 0.29) is 11.6 Å². The van der Waals surface area contributed by atoms with E-state index < -0.39 is 0 Å². The minimum atomic E-state index is -0.369. The van der Waals surface area contributed by atoms with E-state index in [4.69, 9.17) is 5.84 Å². The summed E-state index contributed by atoms with van der Waals surface area (Å²) >= 11 is 0. The summed E-state index contributed by atoms with van der Waals surface area (Å²) in [5.41, 5.74) is 0.871. The fourth-order valence-corrected chi connectivity index (χ4v) is 1.61. The first-order chi connectivity index (χ1) is 6.18. The van der Waals surface area contributed by atoms with Crippen LogP contribution in [0.1, 0.15) is 11.1 Å². The Hall–Kier alpha value is -1.00. The second-order valence-corrected chi connectivity index (χ2v) is 3.21. The molecule has 0 aliphatic carbocycles. The normalized spacial score (nSPS) is 17.2. The van der Waals surface area contributed by atoms with Gasteiger partial charge in [0.25, 0.3) is 0 Å². The predicted molar refractivity (Wildman–Crippen MR) is 44.7 cm³/mol. The van der Waals surface area contributed by atoms with E-state index in [0.29, 0.717) is 30.6 Å². The standard InChI is InChI=1S/C9H10F2N2/c10-8-1-2-9(11)7-5-13(12)4-3-6(7)8/h1-2H,3-5,12H2. The van der Waals surface area contributed by atoms with Crippen LogP contribution in [0.4, 0.5) is 8.78 Å². The van der Waals surface area contributed by atoms with Crippen molar-refractivity contribution in [1.29, 1.82) is 0 Å². The SMILES string of the molecule is NN1CCc2c(F)ccc(F)c2C1. The van der Waals surface area contributed by atoms with Gasteiger partial charge in [0, 0.05) is 18.7 Å². The highest BCUT2D eigenvalue weighted by Gasteiger charge is 2.20. The first-order valence-electron chi connectivity index (χ1n) is 4.14. The second-order valence-electron chi connectivity index (χ2n) is 3.21. The monoisotopic (exact) mass is 184 g/mol. The molecule has 0 amide bonds. The van der Waals surface area contributed by atoms with Crippen LogP contribution in [0.2, 0.25) is 0 Å². The Morgan fingerprint density at radius 2 is 1.77 bits per heavy atom. The zero-order chi connectivity index (χ0) is 9.42. The van der Waals surface area contributed by atoms with Gasteiger partial charge in [-0.05, 0) is 24.1 Å². The van der Waals surface area contributed by atoms with Crippen molar-refractivity contribution < 1.29 is 8.78 Å². The van der Waals surface area contributed by atoms with Gasteiger partial charge in [0.15, 0.2) is 0 Å². The summed E-state index contributed by atoms with van der Waals surface area (Å²) in [6, 6.07) is 2.31. The third-order valence-corrected chi connectivity index (χ3v) is 2.33. The molecule has 1 aliphatic rings. The smallest absolute Gasteiger partial charge is 0.128 e. The number of nitrogens with two attached hydrogens (primary N) is 1. The molecule has 70 valence electrons. The Morgan fingerprint density at radius 1 is 1.15 bits per heavy atom. The zero-order valence-corrected chi connectivity index (χ0v) is 7.06. The van der Waals surface area contributed by atoms with Gasteiger partial charge in [0.05, 0.1) is 0 Å². The third-order valence-electron chi connectivity index (χ3n) is 2.33. The Morgan fingerprint density at radius 3 is 2.46 bits per heavy atom. The highest BCUT2D eigenvalue weighted by Crippen LogP contribution is 2.22. The Labute approximate surface area is 74.9 Å². The molecule has 13 heavy (non-hydrogen) atoms. The second kappa shape index (κ2) is 3.05. The molecule has 1 aromatic rings. The van der Waals surface area contributed by atoms with Crippen LogP contribution in [0.15, 0.2) is 12.1 Å². The van der Waals surface area contributed by atoms with Crippen LogP contribution >= 0.6 is 0 Å². The van der Waals surface area contributed by atoms with Crippen LogP contribution in [0, 0.1) is 11.6 Å². The van der Waals surface area contributed by atoms with Crippen molar-refractivity contribution in [2.24, 2.45) is 5.84 Å².